The summed E-state index contributed by atoms with van der Waals surface area (Å²) in [5.74, 6) is 1.06. The number of nitrogens with one attached hydrogen (secondary N) is 2. The Morgan fingerprint density at radius 2 is 2.00 bits per heavy atom. The molecule has 1 heterocycles. The monoisotopic (exact) mass is 320 g/mol. The van der Waals surface area contributed by atoms with Gasteiger partial charge in [-0.15, -0.1) is 0 Å². The van der Waals surface area contributed by atoms with Gasteiger partial charge in [0, 0.05) is 23.9 Å². The Bertz CT molecular complexity index is 524. The number of aryl methyl sites for hydroxylation is 1. The lowest BCUT2D eigenvalue weighted by molar-refractivity contribution is 0.444. The SMILES string of the molecule is CSC(C)CNS(=O)(=O)c1cc(CNC(C)C)oc1C. The van der Waals surface area contributed by atoms with Gasteiger partial charge in [0.15, 0.2) is 0 Å². The first-order chi connectivity index (χ1) is 9.26. The molecule has 0 spiro atoms. The van der Waals surface area contributed by atoms with Crippen LogP contribution in [0.4, 0.5) is 0 Å². The van der Waals surface area contributed by atoms with Gasteiger partial charge in [-0.2, -0.15) is 11.8 Å². The first kappa shape index (κ1) is 17.6. The molecule has 0 aliphatic rings. The molecule has 7 heteroatoms. The van der Waals surface area contributed by atoms with Crippen molar-refractivity contribution in [1.82, 2.24) is 10.0 Å². The number of hydrogen-bond donors (Lipinski definition) is 2. The molecular weight excluding hydrogens is 296 g/mol. The average Bonchev–Trinajstić information content (AvgIpc) is 2.75. The number of furan rings is 1. The van der Waals surface area contributed by atoms with Crippen molar-refractivity contribution in [2.45, 2.75) is 50.4 Å². The summed E-state index contributed by atoms with van der Waals surface area (Å²) in [5.41, 5.74) is 0. The molecule has 0 radical (unpaired) electrons. The molecule has 0 amide bonds. The Balaban J connectivity index is 2.79. The molecule has 116 valence electrons. The van der Waals surface area contributed by atoms with Crippen LogP contribution in [0.3, 0.4) is 0 Å². The number of hydrogen-bond acceptors (Lipinski definition) is 5. The Kier molecular flexibility index (Phi) is 6.57. The predicted octanol–water partition coefficient (Wildman–Crippen LogP) is 2.12. The van der Waals surface area contributed by atoms with Crippen molar-refractivity contribution in [3.63, 3.8) is 0 Å². The predicted molar refractivity (Wildman–Crippen MR) is 83.6 cm³/mol. The second-order valence-electron chi connectivity index (χ2n) is 5.07. The highest BCUT2D eigenvalue weighted by molar-refractivity contribution is 7.99. The summed E-state index contributed by atoms with van der Waals surface area (Å²) < 4.78 is 32.6. The fourth-order valence-corrected chi connectivity index (χ4v) is 3.26. The molecule has 1 aromatic rings. The zero-order chi connectivity index (χ0) is 15.3. The van der Waals surface area contributed by atoms with Gasteiger partial charge in [0.25, 0.3) is 0 Å². The van der Waals surface area contributed by atoms with Crippen molar-refractivity contribution >= 4 is 21.8 Å². The fraction of sp³-hybridized carbons (Fsp3) is 0.692. The van der Waals surface area contributed by atoms with Crippen LogP contribution in [0.1, 0.15) is 32.3 Å². The summed E-state index contributed by atoms with van der Waals surface area (Å²) in [5, 5.41) is 3.44. The standard InChI is InChI=1S/C13H24N2O3S2/c1-9(2)14-8-12-6-13(11(4)18-12)20(16,17)15-7-10(3)19-5/h6,9-10,14-15H,7-8H2,1-5H3. The molecule has 20 heavy (non-hydrogen) atoms. The van der Waals surface area contributed by atoms with E-state index in [1.165, 1.54) is 0 Å². The molecule has 0 fully saturated rings. The maximum absolute atomic E-state index is 12.2. The maximum atomic E-state index is 12.2. The topological polar surface area (TPSA) is 71.3 Å². The minimum atomic E-state index is -3.50. The van der Waals surface area contributed by atoms with Gasteiger partial charge in [0.1, 0.15) is 16.4 Å². The third kappa shape index (κ3) is 5.12. The van der Waals surface area contributed by atoms with E-state index in [1.54, 1.807) is 24.8 Å². The van der Waals surface area contributed by atoms with Gasteiger partial charge in [0.2, 0.25) is 10.0 Å². The van der Waals surface area contributed by atoms with Gasteiger partial charge in [-0.3, -0.25) is 0 Å². The lowest BCUT2D eigenvalue weighted by atomic mass is 10.3. The molecule has 5 nitrogen and oxygen atoms in total. The van der Waals surface area contributed by atoms with Crippen molar-refractivity contribution in [3.05, 3.63) is 17.6 Å². The van der Waals surface area contributed by atoms with E-state index in [9.17, 15) is 8.42 Å². The van der Waals surface area contributed by atoms with E-state index in [-0.39, 0.29) is 10.1 Å². The smallest absolute Gasteiger partial charge is 0.244 e. The van der Waals surface area contributed by atoms with Crippen molar-refractivity contribution in [2.75, 3.05) is 12.8 Å². The Hall–Kier alpha value is -0.500. The second kappa shape index (κ2) is 7.49. The summed E-state index contributed by atoms with van der Waals surface area (Å²) in [4.78, 5) is 0.228. The van der Waals surface area contributed by atoms with Crippen LogP contribution in [0.15, 0.2) is 15.4 Å². The van der Waals surface area contributed by atoms with Crippen molar-refractivity contribution < 1.29 is 12.8 Å². The lowest BCUT2D eigenvalue weighted by Gasteiger charge is -2.09. The zero-order valence-electron chi connectivity index (χ0n) is 12.7. The Morgan fingerprint density at radius 3 is 2.55 bits per heavy atom. The van der Waals surface area contributed by atoms with Crippen LogP contribution in [-0.2, 0) is 16.6 Å². The summed E-state index contributed by atoms with van der Waals surface area (Å²) in [7, 11) is -3.50. The molecule has 1 unspecified atom stereocenters. The molecule has 0 saturated carbocycles. The second-order valence-corrected chi connectivity index (χ2v) is 8.08. The maximum Gasteiger partial charge on any atom is 0.244 e. The van der Waals surface area contributed by atoms with Crippen LogP contribution in [0.2, 0.25) is 0 Å². The quantitative estimate of drug-likeness (QED) is 0.767. The number of sulfonamides is 1. The molecule has 1 rings (SSSR count). The van der Waals surface area contributed by atoms with Gasteiger partial charge >= 0.3 is 0 Å². The highest BCUT2D eigenvalue weighted by atomic mass is 32.2. The first-order valence-electron chi connectivity index (χ1n) is 6.61. The van der Waals surface area contributed by atoms with E-state index in [0.717, 1.165) is 0 Å². The first-order valence-corrected chi connectivity index (χ1v) is 9.38. The van der Waals surface area contributed by atoms with E-state index in [4.69, 9.17) is 4.42 Å². The average molecular weight is 320 g/mol. The van der Waals surface area contributed by atoms with E-state index >= 15 is 0 Å². The van der Waals surface area contributed by atoms with Gasteiger partial charge < -0.3 is 9.73 Å². The van der Waals surface area contributed by atoms with Crippen LogP contribution in [-0.4, -0.2) is 32.5 Å². The molecule has 0 aromatic carbocycles. The Morgan fingerprint density at radius 1 is 1.35 bits per heavy atom. The van der Waals surface area contributed by atoms with E-state index in [0.29, 0.717) is 30.7 Å². The Labute approximate surface area is 125 Å². The van der Waals surface area contributed by atoms with Gasteiger partial charge in [-0.05, 0) is 13.2 Å². The van der Waals surface area contributed by atoms with E-state index in [1.807, 2.05) is 27.0 Å². The third-order valence-corrected chi connectivity index (χ3v) is 5.36. The molecule has 2 N–H and O–H groups in total. The number of rotatable bonds is 8. The molecule has 1 atom stereocenters. The van der Waals surface area contributed by atoms with Crippen LogP contribution >= 0.6 is 11.8 Å². The van der Waals surface area contributed by atoms with Crippen LogP contribution in [0.25, 0.3) is 0 Å². The third-order valence-electron chi connectivity index (χ3n) is 2.86. The molecule has 0 aliphatic heterocycles. The summed E-state index contributed by atoms with van der Waals surface area (Å²) in [6.07, 6.45) is 1.96. The molecule has 0 aliphatic carbocycles. The molecule has 1 aromatic heterocycles. The van der Waals surface area contributed by atoms with Gasteiger partial charge in [0.05, 0.1) is 6.54 Å². The normalized spacial score (nSPS) is 13.9. The summed E-state index contributed by atoms with van der Waals surface area (Å²) in [6.45, 7) is 8.64. The highest BCUT2D eigenvalue weighted by Crippen LogP contribution is 2.20. The summed E-state index contributed by atoms with van der Waals surface area (Å²) in [6, 6.07) is 1.91. The van der Waals surface area contributed by atoms with Gasteiger partial charge in [-0.25, -0.2) is 13.1 Å². The van der Waals surface area contributed by atoms with Crippen LogP contribution in [0, 0.1) is 6.92 Å². The van der Waals surface area contributed by atoms with Crippen molar-refractivity contribution in [1.29, 1.82) is 0 Å². The van der Waals surface area contributed by atoms with Crippen molar-refractivity contribution in [3.8, 4) is 0 Å². The minimum absolute atomic E-state index is 0.228. The summed E-state index contributed by atoms with van der Waals surface area (Å²) >= 11 is 1.62. The van der Waals surface area contributed by atoms with E-state index < -0.39 is 10.0 Å². The highest BCUT2D eigenvalue weighted by Gasteiger charge is 2.21. The lowest BCUT2D eigenvalue weighted by Crippen LogP contribution is -2.29. The van der Waals surface area contributed by atoms with Crippen LogP contribution in [0.5, 0.6) is 0 Å². The fourth-order valence-electron chi connectivity index (χ4n) is 1.57. The molecular formula is C13H24N2O3S2. The molecule has 0 saturated heterocycles. The van der Waals surface area contributed by atoms with E-state index in [2.05, 4.69) is 10.0 Å². The molecule has 0 bridgehead atoms. The van der Waals surface area contributed by atoms with Gasteiger partial charge in [-0.1, -0.05) is 20.8 Å². The number of thioether (sulfide) groups is 1. The largest absolute Gasteiger partial charge is 0.464 e. The zero-order valence-corrected chi connectivity index (χ0v) is 14.3. The van der Waals surface area contributed by atoms with Crippen molar-refractivity contribution in [2.24, 2.45) is 0 Å². The van der Waals surface area contributed by atoms with Crippen LogP contribution < -0.4 is 10.0 Å². The minimum Gasteiger partial charge on any atom is -0.464 e.